The summed E-state index contributed by atoms with van der Waals surface area (Å²) in [5, 5.41) is 0. The van der Waals surface area contributed by atoms with Crippen molar-refractivity contribution in [1.29, 1.82) is 0 Å². The van der Waals surface area contributed by atoms with Gasteiger partial charge in [-0.3, -0.25) is 0 Å². The quantitative estimate of drug-likeness (QED) is 0.670. The van der Waals surface area contributed by atoms with Gasteiger partial charge >= 0.3 is 0 Å². The van der Waals surface area contributed by atoms with Crippen molar-refractivity contribution in [1.82, 2.24) is 0 Å². The van der Waals surface area contributed by atoms with Crippen LogP contribution in [0, 0.1) is 0 Å². The minimum absolute atomic E-state index is 0.507. The predicted octanol–water partition coefficient (Wildman–Crippen LogP) is 2.23. The van der Waals surface area contributed by atoms with Gasteiger partial charge in [0.2, 0.25) is 0 Å². The van der Waals surface area contributed by atoms with Gasteiger partial charge < -0.3 is 21.9 Å². The molecule has 82 valence electrons. The molecule has 2 aromatic carbocycles. The third kappa shape index (κ3) is 2.17. The highest BCUT2D eigenvalue weighted by molar-refractivity contribution is 5.65. The number of rotatable bonds is 2. The lowest BCUT2D eigenvalue weighted by Crippen LogP contribution is -1.94. The van der Waals surface area contributed by atoms with Crippen molar-refractivity contribution in [2.24, 2.45) is 0 Å². The average Bonchev–Trinajstić information content (AvgIpc) is 2.27. The highest BCUT2D eigenvalue weighted by Crippen LogP contribution is 2.26. The molecule has 0 fully saturated rings. The zero-order valence-corrected chi connectivity index (χ0v) is 8.68. The van der Waals surface area contributed by atoms with Crippen LogP contribution >= 0.6 is 0 Å². The molecule has 16 heavy (non-hydrogen) atoms. The highest BCUT2D eigenvalue weighted by Gasteiger charge is 2.00. The molecule has 0 atom stereocenters. The third-order valence-corrected chi connectivity index (χ3v) is 2.17. The molecular weight excluding hydrogens is 202 g/mol. The van der Waals surface area contributed by atoms with Crippen LogP contribution in [0.4, 0.5) is 17.1 Å². The summed E-state index contributed by atoms with van der Waals surface area (Å²) in [6, 6.07) is 12.3. The Bertz CT molecular complexity index is 494. The number of ether oxygens (including phenoxy) is 1. The maximum Gasteiger partial charge on any atom is 0.129 e. The molecule has 0 aliphatic heterocycles. The average molecular weight is 215 g/mol. The molecule has 4 heteroatoms. The van der Waals surface area contributed by atoms with Gasteiger partial charge in [0.05, 0.1) is 11.4 Å². The summed E-state index contributed by atoms with van der Waals surface area (Å²) < 4.78 is 5.58. The summed E-state index contributed by atoms with van der Waals surface area (Å²) in [5.41, 5.74) is 18.6. The second-order valence-electron chi connectivity index (χ2n) is 3.46. The second-order valence-corrected chi connectivity index (χ2v) is 3.46. The first kappa shape index (κ1) is 10.2. The van der Waals surface area contributed by atoms with Gasteiger partial charge in [-0.15, -0.1) is 0 Å². The van der Waals surface area contributed by atoms with Crippen LogP contribution in [0.1, 0.15) is 0 Å². The van der Waals surface area contributed by atoms with Crippen LogP contribution in [0.2, 0.25) is 0 Å². The van der Waals surface area contributed by atoms with Crippen LogP contribution in [0.25, 0.3) is 0 Å². The van der Waals surface area contributed by atoms with Crippen molar-refractivity contribution in [3.63, 3.8) is 0 Å². The Balaban J connectivity index is 2.20. The van der Waals surface area contributed by atoms with Crippen LogP contribution in [0.15, 0.2) is 42.5 Å². The Kier molecular flexibility index (Phi) is 2.55. The summed E-state index contributed by atoms with van der Waals surface area (Å²) in [5.74, 6) is 1.36. The summed E-state index contributed by atoms with van der Waals surface area (Å²) in [4.78, 5) is 0. The normalized spacial score (nSPS) is 10.0. The molecule has 0 spiro atoms. The van der Waals surface area contributed by atoms with Gasteiger partial charge in [-0.25, -0.2) is 0 Å². The molecule has 0 amide bonds. The first-order valence-electron chi connectivity index (χ1n) is 4.83. The van der Waals surface area contributed by atoms with E-state index >= 15 is 0 Å². The van der Waals surface area contributed by atoms with E-state index in [2.05, 4.69) is 0 Å². The lowest BCUT2D eigenvalue weighted by Gasteiger charge is -2.07. The first-order chi connectivity index (χ1) is 7.65. The predicted molar refractivity (Wildman–Crippen MR) is 66.2 cm³/mol. The zero-order valence-electron chi connectivity index (χ0n) is 8.68. The highest BCUT2D eigenvalue weighted by atomic mass is 16.5. The van der Waals surface area contributed by atoms with E-state index in [-0.39, 0.29) is 0 Å². The lowest BCUT2D eigenvalue weighted by molar-refractivity contribution is 0.483. The van der Waals surface area contributed by atoms with Gasteiger partial charge in [0.25, 0.3) is 0 Å². The van der Waals surface area contributed by atoms with Crippen molar-refractivity contribution < 1.29 is 4.74 Å². The van der Waals surface area contributed by atoms with E-state index in [9.17, 15) is 0 Å². The molecule has 0 heterocycles. The van der Waals surface area contributed by atoms with Crippen molar-refractivity contribution in [2.75, 3.05) is 17.2 Å². The van der Waals surface area contributed by atoms with Crippen LogP contribution in [-0.2, 0) is 0 Å². The van der Waals surface area contributed by atoms with Gasteiger partial charge in [0, 0.05) is 11.8 Å². The third-order valence-electron chi connectivity index (χ3n) is 2.17. The molecule has 0 aromatic heterocycles. The molecule has 0 aliphatic carbocycles. The molecule has 0 saturated heterocycles. The molecule has 6 N–H and O–H groups in total. The Labute approximate surface area is 93.6 Å². The maximum atomic E-state index is 5.67. The SMILES string of the molecule is Nc1ccc(Oc2ccc(N)c(N)c2)cc1. The van der Waals surface area contributed by atoms with E-state index in [1.807, 2.05) is 0 Å². The van der Waals surface area contributed by atoms with E-state index in [1.165, 1.54) is 0 Å². The van der Waals surface area contributed by atoms with Gasteiger partial charge in [-0.2, -0.15) is 0 Å². The summed E-state index contributed by atoms with van der Waals surface area (Å²) in [6.07, 6.45) is 0. The van der Waals surface area contributed by atoms with E-state index in [4.69, 9.17) is 21.9 Å². The molecule has 2 rings (SSSR count). The lowest BCUT2D eigenvalue weighted by atomic mass is 10.2. The smallest absolute Gasteiger partial charge is 0.129 e. The Morgan fingerprint density at radius 2 is 1.31 bits per heavy atom. The van der Waals surface area contributed by atoms with Crippen molar-refractivity contribution >= 4 is 17.1 Å². The number of hydrogen-bond donors (Lipinski definition) is 3. The molecule has 0 bridgehead atoms. The second kappa shape index (κ2) is 4.02. The van der Waals surface area contributed by atoms with E-state index in [0.29, 0.717) is 28.6 Å². The molecule has 0 saturated carbocycles. The summed E-state index contributed by atoms with van der Waals surface area (Å²) in [7, 11) is 0. The molecule has 0 aliphatic rings. The Morgan fingerprint density at radius 3 is 1.94 bits per heavy atom. The molecule has 0 radical (unpaired) electrons. The van der Waals surface area contributed by atoms with Crippen LogP contribution in [-0.4, -0.2) is 0 Å². The largest absolute Gasteiger partial charge is 0.457 e. The molecule has 0 unspecified atom stereocenters. The van der Waals surface area contributed by atoms with E-state index < -0.39 is 0 Å². The van der Waals surface area contributed by atoms with Crippen molar-refractivity contribution in [3.8, 4) is 11.5 Å². The molecular formula is C12H13N3O. The number of anilines is 3. The number of nitrogen functional groups attached to an aromatic ring is 3. The maximum absolute atomic E-state index is 5.67. The van der Waals surface area contributed by atoms with E-state index in [0.717, 1.165) is 0 Å². The van der Waals surface area contributed by atoms with Crippen LogP contribution in [0.3, 0.4) is 0 Å². The van der Waals surface area contributed by atoms with Crippen molar-refractivity contribution in [3.05, 3.63) is 42.5 Å². The molecule has 4 nitrogen and oxygen atoms in total. The zero-order chi connectivity index (χ0) is 11.5. The summed E-state index contributed by atoms with van der Waals surface area (Å²) in [6.45, 7) is 0. The first-order valence-corrected chi connectivity index (χ1v) is 4.83. The summed E-state index contributed by atoms with van der Waals surface area (Å²) >= 11 is 0. The van der Waals surface area contributed by atoms with Crippen LogP contribution < -0.4 is 21.9 Å². The minimum atomic E-state index is 0.507. The fourth-order valence-corrected chi connectivity index (χ4v) is 1.29. The van der Waals surface area contributed by atoms with Gasteiger partial charge in [-0.1, -0.05) is 0 Å². The van der Waals surface area contributed by atoms with Crippen LogP contribution in [0.5, 0.6) is 11.5 Å². The topological polar surface area (TPSA) is 87.3 Å². The fourth-order valence-electron chi connectivity index (χ4n) is 1.29. The van der Waals surface area contributed by atoms with Gasteiger partial charge in [-0.05, 0) is 36.4 Å². The van der Waals surface area contributed by atoms with Gasteiger partial charge in [0.1, 0.15) is 11.5 Å². The Morgan fingerprint density at radius 1 is 0.688 bits per heavy atom. The number of hydrogen-bond acceptors (Lipinski definition) is 4. The van der Waals surface area contributed by atoms with Gasteiger partial charge in [0.15, 0.2) is 0 Å². The van der Waals surface area contributed by atoms with Crippen molar-refractivity contribution in [2.45, 2.75) is 0 Å². The molecule has 2 aromatic rings. The fraction of sp³-hybridized carbons (Fsp3) is 0. The van der Waals surface area contributed by atoms with E-state index in [1.54, 1.807) is 42.5 Å². The monoisotopic (exact) mass is 215 g/mol. The number of nitrogens with two attached hydrogens (primary N) is 3. The number of benzene rings is 2. The minimum Gasteiger partial charge on any atom is -0.457 e. The Hall–Kier alpha value is -2.36. The standard InChI is InChI=1S/C12H13N3O/c13-8-1-3-9(4-2-8)16-10-5-6-11(14)12(15)7-10/h1-7H,13-15H2.